The van der Waals surface area contributed by atoms with E-state index in [1.807, 2.05) is 12.1 Å². The number of aromatic nitrogens is 2. The fourth-order valence-electron chi connectivity index (χ4n) is 4.90. The molecule has 0 aliphatic heterocycles. The van der Waals surface area contributed by atoms with Gasteiger partial charge in [0.25, 0.3) is 5.89 Å². The van der Waals surface area contributed by atoms with Crippen molar-refractivity contribution in [1.82, 2.24) is 10.1 Å². The number of halogens is 3. The number of nitrogens with zero attached hydrogens (tertiary/aromatic N) is 2. The highest BCUT2D eigenvalue weighted by molar-refractivity contribution is 5.70. The van der Waals surface area contributed by atoms with Crippen LogP contribution in [0.25, 0.3) is 28.9 Å². The predicted molar refractivity (Wildman–Crippen MR) is 120 cm³/mol. The Hall–Kier alpha value is -3.09. The highest BCUT2D eigenvalue weighted by atomic mass is 19.4. The average Bonchev–Trinajstić information content (AvgIpc) is 3.52. The van der Waals surface area contributed by atoms with Gasteiger partial charge in [0.1, 0.15) is 5.75 Å². The Labute approximate surface area is 190 Å². The molecule has 1 fully saturated rings. The molecule has 1 saturated carbocycles. The van der Waals surface area contributed by atoms with Crippen LogP contribution < -0.4 is 4.74 Å². The van der Waals surface area contributed by atoms with Gasteiger partial charge in [0.15, 0.2) is 0 Å². The summed E-state index contributed by atoms with van der Waals surface area (Å²) in [7, 11) is 0. The standard InChI is InChI=1S/C26H25F3N2O2/c1-15(2)32-23-12-9-19(14-22(23)26(27,28)29)25-30-24(31-33-25)18-8-11-21-17(13-18)7-10-20(21)16-5-3-4-6-16/h7-16,20H,3-6H2,1-2H3. The molecular weight excluding hydrogens is 429 g/mol. The van der Waals surface area contributed by atoms with Crippen molar-refractivity contribution in [3.63, 3.8) is 0 Å². The summed E-state index contributed by atoms with van der Waals surface area (Å²) in [5.74, 6) is 1.33. The Morgan fingerprint density at radius 3 is 2.52 bits per heavy atom. The van der Waals surface area contributed by atoms with Crippen LogP contribution in [0.15, 0.2) is 47.0 Å². The molecule has 1 aromatic heterocycles. The van der Waals surface area contributed by atoms with Crippen molar-refractivity contribution in [3.8, 4) is 28.6 Å². The second-order valence-corrected chi connectivity index (χ2v) is 9.07. The van der Waals surface area contributed by atoms with E-state index in [0.717, 1.165) is 17.2 Å². The number of allylic oxidation sites excluding steroid dienone is 1. The summed E-state index contributed by atoms with van der Waals surface area (Å²) in [5.41, 5.74) is 2.57. The number of benzene rings is 2. The fraction of sp³-hybridized carbons (Fsp3) is 0.385. The van der Waals surface area contributed by atoms with Gasteiger partial charge in [-0.1, -0.05) is 42.3 Å². The number of hydrogen-bond donors (Lipinski definition) is 0. The zero-order chi connectivity index (χ0) is 23.2. The van der Waals surface area contributed by atoms with Crippen molar-refractivity contribution in [2.24, 2.45) is 5.92 Å². The van der Waals surface area contributed by atoms with E-state index in [2.05, 4.69) is 28.4 Å². The molecule has 0 amide bonds. The zero-order valence-electron chi connectivity index (χ0n) is 18.5. The van der Waals surface area contributed by atoms with Gasteiger partial charge < -0.3 is 9.26 Å². The van der Waals surface area contributed by atoms with Gasteiger partial charge in [0.2, 0.25) is 5.82 Å². The topological polar surface area (TPSA) is 48.2 Å². The van der Waals surface area contributed by atoms with Gasteiger partial charge in [-0.25, -0.2) is 0 Å². The summed E-state index contributed by atoms with van der Waals surface area (Å²) < 4.78 is 51.4. The molecule has 7 heteroatoms. The zero-order valence-corrected chi connectivity index (χ0v) is 18.5. The third kappa shape index (κ3) is 4.28. The highest BCUT2D eigenvalue weighted by Gasteiger charge is 2.35. The lowest BCUT2D eigenvalue weighted by Gasteiger charge is -2.18. The lowest BCUT2D eigenvalue weighted by atomic mass is 9.86. The Kier molecular flexibility index (Phi) is 5.51. The van der Waals surface area contributed by atoms with Crippen LogP contribution in [0.1, 0.15) is 62.1 Å². The molecule has 33 heavy (non-hydrogen) atoms. The summed E-state index contributed by atoms with van der Waals surface area (Å²) in [6.07, 6.45) is 4.62. The molecule has 1 heterocycles. The molecule has 0 radical (unpaired) electrons. The van der Waals surface area contributed by atoms with Crippen LogP contribution >= 0.6 is 0 Å². The van der Waals surface area contributed by atoms with Gasteiger partial charge in [-0.15, -0.1) is 0 Å². The maximum absolute atomic E-state index is 13.6. The lowest BCUT2D eigenvalue weighted by molar-refractivity contribution is -0.139. The largest absolute Gasteiger partial charge is 0.490 e. The summed E-state index contributed by atoms with van der Waals surface area (Å²) in [6.45, 7) is 3.36. The molecule has 0 N–H and O–H groups in total. The van der Waals surface area contributed by atoms with Crippen LogP contribution in [-0.2, 0) is 6.18 Å². The van der Waals surface area contributed by atoms with Crippen molar-refractivity contribution >= 4 is 6.08 Å². The normalized spacial score (nSPS) is 18.3. The summed E-state index contributed by atoms with van der Waals surface area (Å²) in [6, 6.07) is 9.89. The van der Waals surface area contributed by atoms with Crippen LogP contribution in [0.4, 0.5) is 13.2 Å². The first-order valence-electron chi connectivity index (χ1n) is 11.3. The predicted octanol–water partition coefficient (Wildman–Crippen LogP) is 7.51. The number of alkyl halides is 3. The summed E-state index contributed by atoms with van der Waals surface area (Å²) in [4.78, 5) is 4.38. The Balaban J connectivity index is 1.43. The first-order valence-corrected chi connectivity index (χ1v) is 11.3. The van der Waals surface area contributed by atoms with Crippen molar-refractivity contribution in [2.75, 3.05) is 0 Å². The van der Waals surface area contributed by atoms with E-state index in [9.17, 15) is 13.2 Å². The van der Waals surface area contributed by atoms with Crippen molar-refractivity contribution in [3.05, 3.63) is 59.2 Å². The Morgan fingerprint density at radius 2 is 1.79 bits per heavy atom. The van der Waals surface area contributed by atoms with E-state index in [4.69, 9.17) is 9.26 Å². The average molecular weight is 454 g/mol. The van der Waals surface area contributed by atoms with Crippen molar-refractivity contribution in [1.29, 1.82) is 0 Å². The van der Waals surface area contributed by atoms with Crippen molar-refractivity contribution in [2.45, 2.75) is 57.7 Å². The SMILES string of the molecule is CC(C)Oc1ccc(-c2nc(-c3ccc4c(c3)C=CC4C3CCCC3)no2)cc1C(F)(F)F. The van der Waals surface area contributed by atoms with E-state index in [1.165, 1.54) is 43.4 Å². The Bertz CT molecular complexity index is 1190. The molecule has 2 aliphatic carbocycles. The minimum absolute atomic E-state index is 0.0338. The molecule has 2 aliphatic rings. The van der Waals surface area contributed by atoms with Gasteiger partial charge in [0.05, 0.1) is 11.7 Å². The van der Waals surface area contributed by atoms with E-state index < -0.39 is 11.7 Å². The van der Waals surface area contributed by atoms with Gasteiger partial charge in [-0.3, -0.25) is 0 Å². The third-order valence-electron chi connectivity index (χ3n) is 6.42. The van der Waals surface area contributed by atoms with Crippen LogP contribution in [0.2, 0.25) is 0 Å². The summed E-state index contributed by atoms with van der Waals surface area (Å²) in [5, 5.41) is 4.02. The first kappa shape index (κ1) is 21.7. The lowest BCUT2D eigenvalue weighted by Crippen LogP contribution is -2.13. The minimum atomic E-state index is -4.56. The maximum atomic E-state index is 13.6. The smallest absolute Gasteiger partial charge is 0.419 e. The highest BCUT2D eigenvalue weighted by Crippen LogP contribution is 2.44. The van der Waals surface area contributed by atoms with Crippen LogP contribution in [-0.4, -0.2) is 16.2 Å². The van der Waals surface area contributed by atoms with Crippen LogP contribution in [0, 0.1) is 5.92 Å². The molecule has 2 aromatic carbocycles. The molecule has 172 valence electrons. The molecule has 1 atom stereocenters. The molecule has 3 aromatic rings. The van der Waals surface area contributed by atoms with Gasteiger partial charge >= 0.3 is 6.18 Å². The number of fused-ring (bicyclic) bond motifs is 1. The number of rotatable bonds is 5. The molecular formula is C26H25F3N2O2. The van der Waals surface area contributed by atoms with E-state index >= 15 is 0 Å². The van der Waals surface area contributed by atoms with E-state index in [-0.39, 0.29) is 23.3 Å². The second-order valence-electron chi connectivity index (χ2n) is 9.07. The van der Waals surface area contributed by atoms with Gasteiger partial charge in [0, 0.05) is 17.0 Å². The maximum Gasteiger partial charge on any atom is 0.419 e. The molecule has 0 saturated heterocycles. The van der Waals surface area contributed by atoms with Crippen LogP contribution in [0.5, 0.6) is 5.75 Å². The molecule has 4 nitrogen and oxygen atoms in total. The Morgan fingerprint density at radius 1 is 1.03 bits per heavy atom. The molecule has 5 rings (SSSR count). The third-order valence-corrected chi connectivity index (χ3v) is 6.42. The molecule has 0 spiro atoms. The first-order chi connectivity index (χ1) is 15.8. The second kappa shape index (κ2) is 8.36. The number of hydrogen-bond acceptors (Lipinski definition) is 4. The van der Waals surface area contributed by atoms with Crippen LogP contribution in [0.3, 0.4) is 0 Å². The van der Waals surface area contributed by atoms with Gasteiger partial charge in [-0.2, -0.15) is 18.2 Å². The van der Waals surface area contributed by atoms with Crippen molar-refractivity contribution < 1.29 is 22.4 Å². The fourth-order valence-corrected chi connectivity index (χ4v) is 4.90. The van der Waals surface area contributed by atoms with E-state index in [0.29, 0.717) is 17.7 Å². The van der Waals surface area contributed by atoms with Gasteiger partial charge in [-0.05, 0) is 68.0 Å². The monoisotopic (exact) mass is 454 g/mol. The number of ether oxygens (including phenoxy) is 1. The summed E-state index contributed by atoms with van der Waals surface area (Å²) >= 11 is 0. The van der Waals surface area contributed by atoms with E-state index in [1.54, 1.807) is 13.8 Å². The molecule has 1 unspecified atom stereocenters. The molecule has 0 bridgehead atoms. The minimum Gasteiger partial charge on any atom is -0.490 e. The quantitative estimate of drug-likeness (QED) is 0.400.